The summed E-state index contributed by atoms with van der Waals surface area (Å²) in [6, 6.07) is 7.88. The molecule has 0 amide bonds. The van der Waals surface area contributed by atoms with Crippen LogP contribution in [-0.4, -0.2) is 17.3 Å². The van der Waals surface area contributed by atoms with Crippen LogP contribution >= 0.6 is 11.3 Å². The highest BCUT2D eigenvalue weighted by molar-refractivity contribution is 7.15. The maximum atomic E-state index is 5.51. The zero-order valence-corrected chi connectivity index (χ0v) is 9.12. The topological polar surface area (TPSA) is 61.0 Å². The molecule has 15 heavy (non-hydrogen) atoms. The van der Waals surface area contributed by atoms with E-state index in [0.29, 0.717) is 5.13 Å². The van der Waals surface area contributed by atoms with Gasteiger partial charge in [0.2, 0.25) is 5.13 Å². The van der Waals surface area contributed by atoms with Crippen molar-refractivity contribution >= 4 is 16.5 Å². The monoisotopic (exact) mass is 221 g/mol. The van der Waals surface area contributed by atoms with Gasteiger partial charge in [0.05, 0.1) is 7.11 Å². The molecule has 2 N–H and O–H groups in total. The van der Waals surface area contributed by atoms with Crippen LogP contribution in [0.2, 0.25) is 0 Å². The molecule has 0 saturated carbocycles. The van der Waals surface area contributed by atoms with Crippen molar-refractivity contribution in [2.24, 2.45) is 0 Å². The van der Waals surface area contributed by atoms with E-state index in [1.807, 2.05) is 24.3 Å². The van der Waals surface area contributed by atoms with Crippen LogP contribution in [0, 0.1) is 0 Å². The number of anilines is 1. The Morgan fingerprint density at radius 2 is 2.27 bits per heavy atom. The van der Waals surface area contributed by atoms with Gasteiger partial charge in [0.1, 0.15) is 10.8 Å². The van der Waals surface area contributed by atoms with Gasteiger partial charge in [-0.1, -0.05) is 23.5 Å². The second kappa shape index (κ2) is 4.27. The quantitative estimate of drug-likeness (QED) is 0.857. The molecule has 0 bridgehead atoms. The van der Waals surface area contributed by atoms with Gasteiger partial charge in [0.15, 0.2) is 0 Å². The summed E-state index contributed by atoms with van der Waals surface area (Å²) in [6.45, 7) is 0. The van der Waals surface area contributed by atoms with Gasteiger partial charge in [0, 0.05) is 6.42 Å². The summed E-state index contributed by atoms with van der Waals surface area (Å²) < 4.78 is 5.14. The molecule has 78 valence electrons. The highest BCUT2D eigenvalue weighted by Gasteiger charge is 2.03. The van der Waals surface area contributed by atoms with E-state index in [0.717, 1.165) is 22.7 Å². The first-order valence-electron chi connectivity index (χ1n) is 4.48. The van der Waals surface area contributed by atoms with Gasteiger partial charge in [-0.25, -0.2) is 0 Å². The Hall–Kier alpha value is -1.62. The molecule has 0 fully saturated rings. The molecule has 0 atom stereocenters. The Bertz CT molecular complexity index is 455. The third-order valence-corrected chi connectivity index (χ3v) is 2.72. The van der Waals surface area contributed by atoms with Crippen molar-refractivity contribution in [3.63, 3.8) is 0 Å². The molecule has 1 heterocycles. The Balaban J connectivity index is 2.16. The van der Waals surface area contributed by atoms with Crippen LogP contribution in [0.15, 0.2) is 24.3 Å². The van der Waals surface area contributed by atoms with Crippen molar-refractivity contribution < 1.29 is 4.74 Å². The van der Waals surface area contributed by atoms with Crippen LogP contribution in [0.25, 0.3) is 0 Å². The van der Waals surface area contributed by atoms with Gasteiger partial charge in [-0.15, -0.1) is 10.2 Å². The minimum absolute atomic E-state index is 0.507. The fourth-order valence-corrected chi connectivity index (χ4v) is 1.94. The van der Waals surface area contributed by atoms with Crippen LogP contribution < -0.4 is 10.5 Å². The molecule has 0 saturated heterocycles. The Morgan fingerprint density at radius 3 is 2.93 bits per heavy atom. The SMILES string of the molecule is COc1cccc(Cc2nnc(N)s2)c1. The molecule has 0 unspecified atom stereocenters. The predicted octanol–water partition coefficient (Wildman–Crippen LogP) is 1.72. The lowest BCUT2D eigenvalue weighted by Crippen LogP contribution is -1.89. The number of hydrogen-bond donors (Lipinski definition) is 1. The maximum Gasteiger partial charge on any atom is 0.203 e. The number of nitrogens with two attached hydrogens (primary N) is 1. The third-order valence-electron chi connectivity index (χ3n) is 1.97. The second-order valence-corrected chi connectivity index (χ2v) is 4.16. The van der Waals surface area contributed by atoms with Gasteiger partial charge < -0.3 is 10.5 Å². The van der Waals surface area contributed by atoms with E-state index in [9.17, 15) is 0 Å². The van der Waals surface area contributed by atoms with Crippen LogP contribution in [0.3, 0.4) is 0 Å². The van der Waals surface area contributed by atoms with Crippen molar-refractivity contribution in [1.29, 1.82) is 0 Å². The largest absolute Gasteiger partial charge is 0.497 e. The van der Waals surface area contributed by atoms with Gasteiger partial charge in [-0.2, -0.15) is 0 Å². The van der Waals surface area contributed by atoms with E-state index >= 15 is 0 Å². The van der Waals surface area contributed by atoms with Crippen LogP contribution in [0.4, 0.5) is 5.13 Å². The molecule has 1 aromatic carbocycles. The lowest BCUT2D eigenvalue weighted by molar-refractivity contribution is 0.414. The van der Waals surface area contributed by atoms with Crippen LogP contribution in [-0.2, 0) is 6.42 Å². The number of nitrogen functional groups attached to an aromatic ring is 1. The summed E-state index contributed by atoms with van der Waals surface area (Å²) >= 11 is 1.41. The van der Waals surface area contributed by atoms with Crippen molar-refractivity contribution in [3.05, 3.63) is 34.8 Å². The molecule has 0 aliphatic rings. The van der Waals surface area contributed by atoms with Gasteiger partial charge in [0.25, 0.3) is 0 Å². The first kappa shape index (κ1) is 9.92. The summed E-state index contributed by atoms with van der Waals surface area (Å²) in [6.07, 6.45) is 0.742. The van der Waals surface area contributed by atoms with Crippen LogP contribution in [0.5, 0.6) is 5.75 Å². The zero-order valence-electron chi connectivity index (χ0n) is 8.30. The maximum absolute atomic E-state index is 5.51. The van der Waals surface area contributed by atoms with Crippen LogP contribution in [0.1, 0.15) is 10.6 Å². The van der Waals surface area contributed by atoms with E-state index in [2.05, 4.69) is 10.2 Å². The van der Waals surface area contributed by atoms with Crippen molar-refractivity contribution in [2.45, 2.75) is 6.42 Å². The summed E-state index contributed by atoms with van der Waals surface area (Å²) in [5.41, 5.74) is 6.65. The molecule has 4 nitrogen and oxygen atoms in total. The first-order valence-corrected chi connectivity index (χ1v) is 5.30. The molecule has 0 aliphatic carbocycles. The summed E-state index contributed by atoms with van der Waals surface area (Å²) in [7, 11) is 1.65. The second-order valence-electron chi connectivity index (χ2n) is 3.06. The summed E-state index contributed by atoms with van der Waals surface area (Å²) in [5.74, 6) is 0.852. The highest BCUT2D eigenvalue weighted by atomic mass is 32.1. The molecule has 0 spiro atoms. The normalized spacial score (nSPS) is 10.2. The zero-order chi connectivity index (χ0) is 10.7. The van der Waals surface area contributed by atoms with Gasteiger partial charge >= 0.3 is 0 Å². The van der Waals surface area contributed by atoms with Gasteiger partial charge in [-0.05, 0) is 17.7 Å². The number of hydrogen-bond acceptors (Lipinski definition) is 5. The Kier molecular flexibility index (Phi) is 2.82. The van der Waals surface area contributed by atoms with E-state index in [1.165, 1.54) is 11.3 Å². The summed E-state index contributed by atoms with van der Waals surface area (Å²) in [5, 5.41) is 9.16. The molecule has 0 radical (unpaired) electrons. The molecule has 5 heteroatoms. The Labute approximate surface area is 91.7 Å². The molecule has 2 aromatic rings. The minimum Gasteiger partial charge on any atom is -0.497 e. The number of aromatic nitrogens is 2. The molecular formula is C10H11N3OS. The lowest BCUT2D eigenvalue weighted by atomic mass is 10.1. The minimum atomic E-state index is 0.507. The predicted molar refractivity (Wildman–Crippen MR) is 60.1 cm³/mol. The average Bonchev–Trinajstić information content (AvgIpc) is 2.64. The fraction of sp³-hybridized carbons (Fsp3) is 0.200. The fourth-order valence-electron chi connectivity index (χ4n) is 1.30. The van der Waals surface area contributed by atoms with E-state index in [-0.39, 0.29) is 0 Å². The number of benzene rings is 1. The molecule has 1 aromatic heterocycles. The molecular weight excluding hydrogens is 210 g/mol. The van der Waals surface area contributed by atoms with Crippen molar-refractivity contribution in [3.8, 4) is 5.75 Å². The molecule has 2 rings (SSSR count). The van der Waals surface area contributed by atoms with Crippen molar-refractivity contribution in [1.82, 2.24) is 10.2 Å². The standard InChI is InChI=1S/C10H11N3OS/c1-14-8-4-2-3-7(5-8)6-9-12-13-10(11)15-9/h2-5H,6H2,1H3,(H2,11,13). The Morgan fingerprint density at radius 1 is 1.40 bits per heavy atom. The smallest absolute Gasteiger partial charge is 0.203 e. The lowest BCUT2D eigenvalue weighted by Gasteiger charge is -2.01. The van der Waals surface area contributed by atoms with E-state index in [1.54, 1.807) is 7.11 Å². The average molecular weight is 221 g/mol. The number of nitrogens with zero attached hydrogens (tertiary/aromatic N) is 2. The first-order chi connectivity index (χ1) is 7.28. The number of methoxy groups -OCH3 is 1. The molecule has 0 aliphatic heterocycles. The van der Waals surface area contributed by atoms with E-state index < -0.39 is 0 Å². The third kappa shape index (κ3) is 2.44. The van der Waals surface area contributed by atoms with Crippen molar-refractivity contribution in [2.75, 3.05) is 12.8 Å². The van der Waals surface area contributed by atoms with Gasteiger partial charge in [-0.3, -0.25) is 0 Å². The highest BCUT2D eigenvalue weighted by Crippen LogP contribution is 2.18. The van der Waals surface area contributed by atoms with E-state index in [4.69, 9.17) is 10.5 Å². The number of rotatable bonds is 3. The number of ether oxygens (including phenoxy) is 1. The summed E-state index contributed by atoms with van der Waals surface area (Å²) in [4.78, 5) is 0.